The molecule has 8 atom stereocenters. The quantitative estimate of drug-likeness (QED) is 0.0195. The number of hydrogen-bond acceptors (Lipinski definition) is 10. The lowest BCUT2D eigenvalue weighted by Crippen LogP contribution is -2.61. The maximum Gasteiger partial charge on any atom is 0.306 e. The first-order chi connectivity index (χ1) is 39.2. The number of rotatable bonds is 60. The van der Waals surface area contributed by atoms with Crippen LogP contribution in [0.3, 0.4) is 0 Å². The number of hydrogen-bond donors (Lipinski definition) is 6. The van der Waals surface area contributed by atoms with Gasteiger partial charge >= 0.3 is 5.97 Å². The fraction of sp³-hybridized carbons (Fsp3) is 0.913. The Morgan fingerprint density at radius 1 is 0.475 bits per heavy atom. The van der Waals surface area contributed by atoms with Gasteiger partial charge in [0, 0.05) is 6.42 Å². The Bertz CT molecular complexity index is 1400. The van der Waals surface area contributed by atoms with Crippen molar-refractivity contribution in [3.8, 4) is 0 Å². The number of ether oxygens (including phenoxy) is 3. The number of aliphatic hydroxyl groups excluding tert-OH is 5. The molecule has 0 aromatic heterocycles. The molecule has 1 saturated heterocycles. The summed E-state index contributed by atoms with van der Waals surface area (Å²) in [5.74, 6) is -1.18. The molecule has 1 heterocycles. The third-order valence-electron chi connectivity index (χ3n) is 16.6. The number of amides is 1. The van der Waals surface area contributed by atoms with E-state index in [4.69, 9.17) is 14.2 Å². The van der Waals surface area contributed by atoms with Gasteiger partial charge in [-0.15, -0.1) is 0 Å². The summed E-state index contributed by atoms with van der Waals surface area (Å²) in [7, 11) is 0. The Morgan fingerprint density at radius 3 is 1.21 bits per heavy atom. The van der Waals surface area contributed by atoms with Gasteiger partial charge in [-0.1, -0.05) is 308 Å². The van der Waals surface area contributed by atoms with E-state index in [0.29, 0.717) is 19.3 Å². The molecule has 80 heavy (non-hydrogen) atoms. The number of nitrogens with one attached hydrogen (secondary N) is 1. The lowest BCUT2D eigenvalue weighted by atomic mass is 9.99. The zero-order valence-electron chi connectivity index (χ0n) is 52.5. The van der Waals surface area contributed by atoms with E-state index >= 15 is 0 Å². The van der Waals surface area contributed by atoms with Gasteiger partial charge in [0.2, 0.25) is 5.91 Å². The highest BCUT2D eigenvalue weighted by molar-refractivity contribution is 5.80. The molecule has 1 amide bonds. The van der Waals surface area contributed by atoms with Crippen LogP contribution in [0.25, 0.3) is 0 Å². The highest BCUT2D eigenvalue weighted by Gasteiger charge is 2.47. The van der Waals surface area contributed by atoms with Crippen LogP contribution in [0, 0.1) is 0 Å². The Hall–Kier alpha value is -1.86. The zero-order valence-corrected chi connectivity index (χ0v) is 52.5. The van der Waals surface area contributed by atoms with Gasteiger partial charge in [0.15, 0.2) is 12.4 Å². The summed E-state index contributed by atoms with van der Waals surface area (Å²) < 4.78 is 17.7. The SMILES string of the molecule is CCCCCCCC/C=C/CCCCCCCCCCCCCC(=O)OC1C(OCC(NC(=O)C(O)CCCCCCCCCCCCCCCCCCCC)C(O)/C=C/CCCCCCCCCCCC)OC(CO)C(O)C1O. The molecule has 11 nitrogen and oxygen atoms in total. The van der Waals surface area contributed by atoms with Crippen LogP contribution in [-0.2, 0) is 23.8 Å². The second-order valence-electron chi connectivity index (χ2n) is 24.3. The van der Waals surface area contributed by atoms with Gasteiger partial charge < -0.3 is 45.1 Å². The Morgan fingerprint density at radius 2 is 0.825 bits per heavy atom. The molecule has 0 radical (unpaired) electrons. The largest absolute Gasteiger partial charge is 0.454 e. The molecule has 8 unspecified atom stereocenters. The molecule has 0 saturated carbocycles. The first-order valence-corrected chi connectivity index (χ1v) is 34.6. The van der Waals surface area contributed by atoms with Crippen LogP contribution in [-0.4, -0.2) is 99.6 Å². The molecule has 0 aromatic rings. The van der Waals surface area contributed by atoms with Crippen LogP contribution >= 0.6 is 0 Å². The average molecular weight is 1130 g/mol. The number of carbonyl (C=O) groups is 2. The second-order valence-corrected chi connectivity index (χ2v) is 24.3. The molecule has 0 bridgehead atoms. The third kappa shape index (κ3) is 44.6. The van der Waals surface area contributed by atoms with Crippen molar-refractivity contribution in [1.29, 1.82) is 0 Å². The van der Waals surface area contributed by atoms with E-state index in [9.17, 15) is 35.1 Å². The van der Waals surface area contributed by atoms with Gasteiger partial charge in [-0.3, -0.25) is 9.59 Å². The van der Waals surface area contributed by atoms with Crippen LogP contribution in [0.2, 0.25) is 0 Å². The number of unbranched alkanes of at least 4 members (excludes halogenated alkanes) is 44. The number of esters is 1. The summed E-state index contributed by atoms with van der Waals surface area (Å²) in [6.07, 6.45) is 57.9. The molecule has 0 aliphatic carbocycles. The van der Waals surface area contributed by atoms with E-state index in [-0.39, 0.29) is 13.0 Å². The van der Waals surface area contributed by atoms with Crippen LogP contribution in [0.15, 0.2) is 24.3 Å². The molecule has 0 aromatic carbocycles. The molecular weight excluding hydrogens is 1000 g/mol. The number of aliphatic hydroxyl groups is 5. The van der Waals surface area contributed by atoms with E-state index in [2.05, 4.69) is 38.2 Å². The maximum absolute atomic E-state index is 13.5. The summed E-state index contributed by atoms with van der Waals surface area (Å²) in [5, 5.41) is 57.2. The van der Waals surface area contributed by atoms with Gasteiger partial charge in [-0.25, -0.2) is 0 Å². The highest BCUT2D eigenvalue weighted by Crippen LogP contribution is 2.26. The molecule has 1 aliphatic heterocycles. The lowest BCUT2D eigenvalue weighted by molar-refractivity contribution is -0.305. The van der Waals surface area contributed by atoms with Gasteiger partial charge in [-0.2, -0.15) is 0 Å². The van der Waals surface area contributed by atoms with Crippen molar-refractivity contribution in [2.24, 2.45) is 0 Å². The average Bonchev–Trinajstić information content (AvgIpc) is 3.45. The van der Waals surface area contributed by atoms with Crippen molar-refractivity contribution < 1.29 is 49.3 Å². The van der Waals surface area contributed by atoms with Crippen molar-refractivity contribution in [3.63, 3.8) is 0 Å². The molecule has 1 aliphatic rings. The van der Waals surface area contributed by atoms with Gasteiger partial charge in [-0.05, 0) is 51.4 Å². The van der Waals surface area contributed by atoms with E-state index in [1.165, 1.54) is 238 Å². The van der Waals surface area contributed by atoms with Crippen molar-refractivity contribution >= 4 is 11.9 Å². The van der Waals surface area contributed by atoms with E-state index in [1.807, 2.05) is 6.08 Å². The van der Waals surface area contributed by atoms with Crippen molar-refractivity contribution in [3.05, 3.63) is 24.3 Å². The fourth-order valence-electron chi connectivity index (χ4n) is 11.1. The van der Waals surface area contributed by atoms with Gasteiger partial charge in [0.25, 0.3) is 0 Å². The molecular formula is C69H131NO10. The predicted octanol–water partition coefficient (Wildman–Crippen LogP) is 17.2. The molecule has 472 valence electrons. The van der Waals surface area contributed by atoms with Crippen molar-refractivity contribution in [1.82, 2.24) is 5.32 Å². The van der Waals surface area contributed by atoms with Gasteiger partial charge in [0.1, 0.15) is 24.4 Å². The lowest BCUT2D eigenvalue weighted by Gasteiger charge is -2.41. The van der Waals surface area contributed by atoms with Crippen LogP contribution < -0.4 is 5.32 Å². The first kappa shape index (κ1) is 76.2. The molecule has 1 rings (SSSR count). The molecule has 1 fully saturated rings. The zero-order chi connectivity index (χ0) is 58.2. The minimum Gasteiger partial charge on any atom is -0.454 e. The smallest absolute Gasteiger partial charge is 0.306 e. The standard InChI is InChI=1S/C69H131NO10/c1-4-7-10-13-16-19-22-25-27-29-31-32-33-35-37-39-42-45-48-51-54-57-64(74)80-67-66(76)65(75)63(58-71)79-69(67)78-59-60(61(72)55-52-49-46-43-40-24-21-18-15-12-9-6-3)70-68(77)62(73)56-53-50-47-44-41-38-36-34-30-28-26-23-20-17-14-11-8-5-2/h25,27,52,55,60-63,65-67,69,71-73,75-76H,4-24,26,28-51,53-54,56-59H2,1-3H3,(H,70,77)/b27-25+,55-52+. The van der Waals surface area contributed by atoms with Crippen molar-refractivity contribution in [2.45, 2.75) is 391 Å². The third-order valence-corrected chi connectivity index (χ3v) is 16.6. The van der Waals surface area contributed by atoms with Crippen LogP contribution in [0.5, 0.6) is 0 Å². The second kappa shape index (κ2) is 57.6. The predicted molar refractivity (Wildman–Crippen MR) is 334 cm³/mol. The molecule has 11 heteroatoms. The highest BCUT2D eigenvalue weighted by atomic mass is 16.7. The monoisotopic (exact) mass is 1130 g/mol. The number of allylic oxidation sites excluding steroid dienone is 3. The summed E-state index contributed by atoms with van der Waals surface area (Å²) in [6.45, 7) is 5.84. The van der Waals surface area contributed by atoms with E-state index < -0.39 is 67.4 Å². The molecule has 0 spiro atoms. The van der Waals surface area contributed by atoms with Crippen LogP contribution in [0.1, 0.15) is 342 Å². The molecule has 6 N–H and O–H groups in total. The topological polar surface area (TPSA) is 175 Å². The summed E-state index contributed by atoms with van der Waals surface area (Å²) in [5.41, 5.74) is 0. The minimum absolute atomic E-state index is 0.127. The van der Waals surface area contributed by atoms with E-state index in [0.717, 1.165) is 57.8 Å². The summed E-state index contributed by atoms with van der Waals surface area (Å²) in [6, 6.07) is -1.02. The Labute approximate surface area is 492 Å². The minimum atomic E-state index is -1.61. The first-order valence-electron chi connectivity index (χ1n) is 34.6. The number of carbonyl (C=O) groups excluding carboxylic acids is 2. The fourth-order valence-corrected chi connectivity index (χ4v) is 11.1. The maximum atomic E-state index is 13.5. The van der Waals surface area contributed by atoms with Gasteiger partial charge in [0.05, 0.1) is 25.4 Å². The normalized spacial score (nSPS) is 18.8. The van der Waals surface area contributed by atoms with E-state index in [1.54, 1.807) is 6.08 Å². The van der Waals surface area contributed by atoms with Crippen molar-refractivity contribution in [2.75, 3.05) is 13.2 Å². The Balaban J connectivity index is 2.59. The van der Waals surface area contributed by atoms with Crippen LogP contribution in [0.4, 0.5) is 0 Å². The summed E-state index contributed by atoms with van der Waals surface area (Å²) in [4.78, 5) is 26.6. The summed E-state index contributed by atoms with van der Waals surface area (Å²) >= 11 is 0. The Kier molecular flexibility index (Phi) is 54.8.